The van der Waals surface area contributed by atoms with Gasteiger partial charge in [-0.3, -0.25) is 0 Å². The van der Waals surface area contributed by atoms with E-state index in [0.717, 1.165) is 39.1 Å². The van der Waals surface area contributed by atoms with E-state index in [2.05, 4.69) is 0 Å². The molecule has 1 aromatic heterocycles. The van der Waals surface area contributed by atoms with Crippen LogP contribution >= 0.6 is 0 Å². The predicted octanol–water partition coefficient (Wildman–Crippen LogP) is 4.89. The van der Waals surface area contributed by atoms with E-state index in [0.29, 0.717) is 5.69 Å². The van der Waals surface area contributed by atoms with Gasteiger partial charge in [0.1, 0.15) is 17.6 Å². The number of fused-ring (bicyclic) bond motifs is 3. The Balaban J connectivity index is 1.83. The maximum atomic E-state index is 11.0. The van der Waals surface area contributed by atoms with Crippen molar-refractivity contribution in [3.63, 3.8) is 0 Å². The Morgan fingerprint density at radius 1 is 0.679 bits per heavy atom. The number of rotatable bonds is 2. The molecule has 1 heterocycles. The number of aromatic nitrogens is 1. The lowest BCUT2D eigenvalue weighted by atomic mass is 9.95. The van der Waals surface area contributed by atoms with Crippen molar-refractivity contribution in [2.45, 2.75) is 6.10 Å². The van der Waals surface area contributed by atoms with Gasteiger partial charge in [-0.1, -0.05) is 48.5 Å². The van der Waals surface area contributed by atoms with Crippen LogP contribution in [-0.2, 0) is 0 Å². The molecule has 28 heavy (non-hydrogen) atoms. The maximum absolute atomic E-state index is 11.0. The molecule has 3 aromatic carbocycles. The summed E-state index contributed by atoms with van der Waals surface area (Å²) in [5.74, 6) is 0.325. The van der Waals surface area contributed by atoms with Gasteiger partial charge in [-0.2, -0.15) is 0 Å². The van der Waals surface area contributed by atoms with E-state index in [1.54, 1.807) is 36.4 Å². The second-order valence-corrected chi connectivity index (χ2v) is 6.91. The lowest BCUT2D eigenvalue weighted by Crippen LogP contribution is -1.99. The highest BCUT2D eigenvalue weighted by Crippen LogP contribution is 2.48. The van der Waals surface area contributed by atoms with Crippen LogP contribution in [0.15, 0.2) is 78.9 Å². The molecule has 0 amide bonds. The summed E-state index contributed by atoms with van der Waals surface area (Å²) < 4.78 is 0. The Kier molecular flexibility index (Phi) is 3.67. The fourth-order valence-electron chi connectivity index (χ4n) is 3.87. The average molecular weight is 367 g/mol. The van der Waals surface area contributed by atoms with Crippen molar-refractivity contribution in [1.82, 2.24) is 4.98 Å². The van der Waals surface area contributed by atoms with Crippen LogP contribution in [0.1, 0.15) is 17.2 Å². The lowest BCUT2D eigenvalue weighted by molar-refractivity contribution is 0.225. The van der Waals surface area contributed by atoms with Gasteiger partial charge in [-0.25, -0.2) is 4.98 Å². The van der Waals surface area contributed by atoms with Crippen LogP contribution in [0.2, 0.25) is 0 Å². The van der Waals surface area contributed by atoms with Crippen molar-refractivity contribution < 1.29 is 15.3 Å². The summed E-state index contributed by atoms with van der Waals surface area (Å²) >= 11 is 0. The first-order chi connectivity index (χ1) is 13.6. The molecule has 1 unspecified atom stereocenters. The second-order valence-electron chi connectivity index (χ2n) is 6.91. The highest BCUT2D eigenvalue weighted by Gasteiger charge is 2.31. The van der Waals surface area contributed by atoms with Crippen molar-refractivity contribution >= 4 is 0 Å². The van der Waals surface area contributed by atoms with Crippen LogP contribution in [0.3, 0.4) is 0 Å². The summed E-state index contributed by atoms with van der Waals surface area (Å²) in [5.41, 5.74) is 6.25. The predicted molar refractivity (Wildman–Crippen MR) is 108 cm³/mol. The van der Waals surface area contributed by atoms with E-state index in [1.165, 1.54) is 0 Å². The molecule has 1 atom stereocenters. The standard InChI is InChI=1S/C24H17NO3/c26-16-7-3-5-14(11-16)20-13-21(15-6-4-8-17(27)12-15)25-23-18-9-1-2-10-19(18)24(28)22(20)23/h1-13,24,26-28H. The van der Waals surface area contributed by atoms with Crippen LogP contribution in [0.4, 0.5) is 0 Å². The lowest BCUT2D eigenvalue weighted by Gasteiger charge is -2.15. The summed E-state index contributed by atoms with van der Waals surface area (Å²) in [6.07, 6.45) is -0.783. The highest BCUT2D eigenvalue weighted by atomic mass is 16.3. The smallest absolute Gasteiger partial charge is 0.116 e. The number of nitrogens with zero attached hydrogens (tertiary/aromatic N) is 1. The van der Waals surface area contributed by atoms with Crippen LogP contribution in [0.5, 0.6) is 11.5 Å². The molecular weight excluding hydrogens is 350 g/mol. The minimum atomic E-state index is -0.783. The van der Waals surface area contributed by atoms with Gasteiger partial charge in [0.15, 0.2) is 0 Å². The number of hydrogen-bond acceptors (Lipinski definition) is 4. The van der Waals surface area contributed by atoms with Gasteiger partial charge >= 0.3 is 0 Å². The monoisotopic (exact) mass is 367 g/mol. The summed E-state index contributed by atoms with van der Waals surface area (Å²) in [6, 6.07) is 23.5. The summed E-state index contributed by atoms with van der Waals surface area (Å²) in [7, 11) is 0. The number of aliphatic hydroxyl groups excluding tert-OH is 1. The van der Waals surface area contributed by atoms with Gasteiger partial charge < -0.3 is 15.3 Å². The highest BCUT2D eigenvalue weighted by molar-refractivity contribution is 5.87. The van der Waals surface area contributed by atoms with Gasteiger partial charge in [-0.05, 0) is 47.0 Å². The summed E-state index contributed by atoms with van der Waals surface area (Å²) in [4.78, 5) is 4.83. The van der Waals surface area contributed by atoms with Gasteiger partial charge in [0.05, 0.1) is 11.4 Å². The molecule has 0 bridgehead atoms. The zero-order valence-corrected chi connectivity index (χ0v) is 14.9. The Morgan fingerprint density at radius 2 is 1.36 bits per heavy atom. The number of benzene rings is 3. The maximum Gasteiger partial charge on any atom is 0.116 e. The normalized spacial score (nSPS) is 14.5. The third kappa shape index (κ3) is 2.54. The number of aliphatic hydroxyl groups is 1. The number of phenolic OH excluding ortho intramolecular Hbond substituents is 2. The molecule has 1 aliphatic carbocycles. The molecule has 0 aliphatic heterocycles. The van der Waals surface area contributed by atoms with Crippen molar-refractivity contribution in [3.8, 4) is 45.1 Å². The molecule has 0 radical (unpaired) electrons. The van der Waals surface area contributed by atoms with Gasteiger partial charge in [0, 0.05) is 16.7 Å². The third-order valence-corrected chi connectivity index (χ3v) is 5.14. The molecule has 0 spiro atoms. The Bertz CT molecular complexity index is 1220. The second kappa shape index (κ2) is 6.22. The summed E-state index contributed by atoms with van der Waals surface area (Å²) in [6.45, 7) is 0. The molecule has 0 fully saturated rings. The van der Waals surface area contributed by atoms with Crippen LogP contribution in [0, 0.1) is 0 Å². The number of phenols is 2. The van der Waals surface area contributed by atoms with Crippen LogP contribution in [0.25, 0.3) is 33.6 Å². The van der Waals surface area contributed by atoms with E-state index in [9.17, 15) is 15.3 Å². The Hall–Kier alpha value is -3.63. The molecule has 4 nitrogen and oxygen atoms in total. The van der Waals surface area contributed by atoms with E-state index in [1.807, 2.05) is 42.5 Å². The fraction of sp³-hybridized carbons (Fsp3) is 0.0417. The van der Waals surface area contributed by atoms with Crippen molar-refractivity contribution in [2.24, 2.45) is 0 Å². The van der Waals surface area contributed by atoms with E-state index in [4.69, 9.17) is 4.98 Å². The third-order valence-electron chi connectivity index (χ3n) is 5.14. The first kappa shape index (κ1) is 16.5. The topological polar surface area (TPSA) is 73.6 Å². The first-order valence-electron chi connectivity index (χ1n) is 9.03. The largest absolute Gasteiger partial charge is 0.508 e. The Labute approximate surface area is 162 Å². The van der Waals surface area contributed by atoms with E-state index < -0.39 is 6.10 Å². The van der Waals surface area contributed by atoms with E-state index >= 15 is 0 Å². The van der Waals surface area contributed by atoms with E-state index in [-0.39, 0.29) is 11.5 Å². The molecule has 136 valence electrons. The zero-order valence-electron chi connectivity index (χ0n) is 14.9. The summed E-state index contributed by atoms with van der Waals surface area (Å²) in [5, 5.41) is 30.9. The molecule has 0 saturated heterocycles. The molecular formula is C24H17NO3. The van der Waals surface area contributed by atoms with Crippen molar-refractivity contribution in [1.29, 1.82) is 0 Å². The van der Waals surface area contributed by atoms with Crippen molar-refractivity contribution in [2.75, 3.05) is 0 Å². The SMILES string of the molecule is Oc1cccc(-c2cc(-c3cccc(O)c3)c3c(n2)-c2ccccc2C3O)c1. The van der Waals surface area contributed by atoms with Gasteiger partial charge in [0.25, 0.3) is 0 Å². The number of hydrogen-bond donors (Lipinski definition) is 3. The molecule has 4 aromatic rings. The molecule has 0 saturated carbocycles. The molecule has 3 N–H and O–H groups in total. The number of pyridine rings is 1. The zero-order chi connectivity index (χ0) is 19.3. The molecule has 5 rings (SSSR count). The molecule has 1 aliphatic rings. The fourth-order valence-corrected chi connectivity index (χ4v) is 3.87. The Morgan fingerprint density at radius 3 is 2.11 bits per heavy atom. The molecule has 4 heteroatoms. The van der Waals surface area contributed by atoms with Crippen molar-refractivity contribution in [3.05, 3.63) is 90.0 Å². The van der Waals surface area contributed by atoms with Gasteiger partial charge in [-0.15, -0.1) is 0 Å². The first-order valence-corrected chi connectivity index (χ1v) is 9.03. The van der Waals surface area contributed by atoms with Gasteiger partial charge in [0.2, 0.25) is 0 Å². The van der Waals surface area contributed by atoms with Crippen LogP contribution in [-0.4, -0.2) is 20.3 Å². The minimum absolute atomic E-state index is 0.159. The minimum Gasteiger partial charge on any atom is -0.508 e. The quantitative estimate of drug-likeness (QED) is 0.472. The number of aromatic hydroxyl groups is 2. The van der Waals surface area contributed by atoms with Crippen LogP contribution < -0.4 is 0 Å². The average Bonchev–Trinajstić information content (AvgIpc) is 3.00.